The average Bonchev–Trinajstić information content (AvgIpc) is 3.34. The van der Waals surface area contributed by atoms with E-state index in [0.717, 1.165) is 0 Å². The van der Waals surface area contributed by atoms with Crippen molar-refractivity contribution in [1.29, 1.82) is 0 Å². The number of hydrogen-bond acceptors (Lipinski definition) is 0. The lowest BCUT2D eigenvalue weighted by atomic mass is 9.59. The normalized spacial score (nSPS) is 17.1. The van der Waals surface area contributed by atoms with Crippen LogP contribution in [0.2, 0.25) is 0 Å². The van der Waals surface area contributed by atoms with Gasteiger partial charge in [-0.1, -0.05) is 128 Å². The average molecular weight is 439 g/mol. The lowest BCUT2D eigenvalue weighted by Crippen LogP contribution is -2.34. The Morgan fingerprint density at radius 2 is 1.12 bits per heavy atom. The lowest BCUT2D eigenvalue weighted by Gasteiger charge is -2.43. The molecule has 166 valence electrons. The molecule has 0 aromatic heterocycles. The van der Waals surface area contributed by atoms with E-state index < -0.39 is 0 Å². The van der Waals surface area contributed by atoms with Crippen molar-refractivity contribution in [2.45, 2.75) is 50.4 Å². The molecule has 0 atom stereocenters. The monoisotopic (exact) mass is 438 g/mol. The minimum atomic E-state index is 0.0171. The standard InChI is InChI=1S/C34H30/c1-2-3-22-34(30-18-10-8-14-25(30)26-15-9-11-19-31(26)34)32-21-20-29(32)33-27-16-6-4-12-23(27)24-13-5-7-17-28(24)33/h4-19,33H,2-3,20-22H2,1H3. The number of hydrogen-bond donors (Lipinski definition) is 0. The molecule has 0 N–H and O–H groups in total. The van der Waals surface area contributed by atoms with Gasteiger partial charge in [0.1, 0.15) is 0 Å². The molecule has 0 unspecified atom stereocenters. The van der Waals surface area contributed by atoms with E-state index >= 15 is 0 Å². The zero-order valence-electron chi connectivity index (χ0n) is 19.9. The highest BCUT2D eigenvalue weighted by molar-refractivity contribution is 5.85. The molecule has 3 aliphatic carbocycles. The second-order valence-electron chi connectivity index (χ2n) is 10.2. The van der Waals surface area contributed by atoms with Gasteiger partial charge in [-0.25, -0.2) is 0 Å². The smallest absolute Gasteiger partial charge is 0.0426 e. The Morgan fingerprint density at radius 3 is 1.62 bits per heavy atom. The van der Waals surface area contributed by atoms with Crippen LogP contribution in [0.25, 0.3) is 22.3 Å². The van der Waals surface area contributed by atoms with Crippen molar-refractivity contribution in [2.75, 3.05) is 0 Å². The Bertz CT molecular complexity index is 1360. The molecule has 0 spiro atoms. The van der Waals surface area contributed by atoms with Gasteiger partial charge in [-0.05, 0) is 63.8 Å². The molecule has 0 amide bonds. The van der Waals surface area contributed by atoms with Gasteiger partial charge in [-0.2, -0.15) is 0 Å². The van der Waals surface area contributed by atoms with Crippen LogP contribution in [0.15, 0.2) is 108 Å². The molecule has 7 rings (SSSR count). The first kappa shape index (κ1) is 20.0. The van der Waals surface area contributed by atoms with E-state index in [-0.39, 0.29) is 5.41 Å². The van der Waals surface area contributed by atoms with Crippen LogP contribution in [0.1, 0.15) is 67.2 Å². The summed E-state index contributed by atoms with van der Waals surface area (Å²) in [6, 6.07) is 36.7. The summed E-state index contributed by atoms with van der Waals surface area (Å²) >= 11 is 0. The van der Waals surface area contributed by atoms with Crippen LogP contribution in [-0.2, 0) is 5.41 Å². The summed E-state index contributed by atoms with van der Waals surface area (Å²) in [6.45, 7) is 2.33. The Kier molecular flexibility index (Phi) is 4.46. The van der Waals surface area contributed by atoms with Gasteiger partial charge in [0.25, 0.3) is 0 Å². The summed E-state index contributed by atoms with van der Waals surface area (Å²) in [5, 5.41) is 0. The molecule has 0 bridgehead atoms. The zero-order chi connectivity index (χ0) is 22.7. The van der Waals surface area contributed by atoms with E-state index in [4.69, 9.17) is 0 Å². The van der Waals surface area contributed by atoms with Gasteiger partial charge in [-0.15, -0.1) is 0 Å². The summed E-state index contributed by atoms with van der Waals surface area (Å²) in [5.74, 6) is 0.398. The van der Waals surface area contributed by atoms with Gasteiger partial charge in [0.15, 0.2) is 0 Å². The van der Waals surface area contributed by atoms with E-state index in [2.05, 4.69) is 104 Å². The molecule has 0 fully saturated rings. The highest BCUT2D eigenvalue weighted by Gasteiger charge is 2.49. The van der Waals surface area contributed by atoms with Crippen molar-refractivity contribution in [3.05, 3.63) is 130 Å². The fraction of sp³-hybridized carbons (Fsp3) is 0.235. The van der Waals surface area contributed by atoms with E-state index in [1.165, 1.54) is 76.6 Å². The van der Waals surface area contributed by atoms with Crippen LogP contribution in [-0.4, -0.2) is 0 Å². The summed E-state index contributed by atoms with van der Waals surface area (Å²) in [6.07, 6.45) is 6.09. The van der Waals surface area contributed by atoms with Gasteiger partial charge >= 0.3 is 0 Å². The molecule has 0 radical (unpaired) electrons. The van der Waals surface area contributed by atoms with Crippen LogP contribution in [0, 0.1) is 0 Å². The van der Waals surface area contributed by atoms with Crippen molar-refractivity contribution < 1.29 is 0 Å². The quantitative estimate of drug-likeness (QED) is 0.273. The van der Waals surface area contributed by atoms with Gasteiger partial charge in [0, 0.05) is 11.3 Å². The minimum absolute atomic E-state index is 0.0171. The third-order valence-electron chi connectivity index (χ3n) is 8.70. The maximum atomic E-state index is 2.42. The van der Waals surface area contributed by atoms with Crippen molar-refractivity contribution in [2.24, 2.45) is 0 Å². The lowest BCUT2D eigenvalue weighted by molar-refractivity contribution is 0.475. The largest absolute Gasteiger partial charge is 0.0654 e. The first-order chi connectivity index (χ1) is 16.8. The van der Waals surface area contributed by atoms with E-state index in [1.807, 2.05) is 0 Å². The van der Waals surface area contributed by atoms with Crippen LogP contribution >= 0.6 is 0 Å². The van der Waals surface area contributed by atoms with Crippen molar-refractivity contribution >= 4 is 0 Å². The summed E-state index contributed by atoms with van der Waals surface area (Å²) < 4.78 is 0. The number of allylic oxidation sites excluding steroid dienone is 2. The molecule has 3 aliphatic rings. The first-order valence-corrected chi connectivity index (χ1v) is 12.9. The molecular formula is C34H30. The Morgan fingerprint density at radius 1 is 0.618 bits per heavy atom. The van der Waals surface area contributed by atoms with E-state index in [0.29, 0.717) is 5.92 Å². The Labute approximate surface area is 203 Å². The molecule has 4 aromatic rings. The van der Waals surface area contributed by atoms with Crippen molar-refractivity contribution in [3.63, 3.8) is 0 Å². The van der Waals surface area contributed by atoms with Crippen LogP contribution in [0.3, 0.4) is 0 Å². The molecule has 0 aliphatic heterocycles. The van der Waals surface area contributed by atoms with Crippen LogP contribution < -0.4 is 0 Å². The van der Waals surface area contributed by atoms with Crippen molar-refractivity contribution in [1.82, 2.24) is 0 Å². The predicted molar refractivity (Wildman–Crippen MR) is 142 cm³/mol. The number of benzene rings is 4. The van der Waals surface area contributed by atoms with E-state index in [9.17, 15) is 0 Å². The maximum absolute atomic E-state index is 2.42. The number of unbranched alkanes of at least 4 members (excludes halogenated alkanes) is 1. The molecule has 0 nitrogen and oxygen atoms in total. The number of rotatable bonds is 5. The number of fused-ring (bicyclic) bond motifs is 6. The van der Waals surface area contributed by atoms with Crippen LogP contribution in [0.4, 0.5) is 0 Å². The summed E-state index contributed by atoms with van der Waals surface area (Å²) in [5.41, 5.74) is 15.2. The highest BCUT2D eigenvalue weighted by Crippen LogP contribution is 2.62. The zero-order valence-corrected chi connectivity index (χ0v) is 19.9. The minimum Gasteiger partial charge on any atom is -0.0654 e. The maximum Gasteiger partial charge on any atom is 0.0426 e. The second-order valence-corrected chi connectivity index (χ2v) is 10.2. The summed E-state index contributed by atoms with van der Waals surface area (Å²) in [7, 11) is 0. The van der Waals surface area contributed by atoms with Gasteiger partial charge in [-0.3, -0.25) is 0 Å². The van der Waals surface area contributed by atoms with E-state index in [1.54, 1.807) is 11.1 Å². The van der Waals surface area contributed by atoms with Gasteiger partial charge in [0.05, 0.1) is 0 Å². The topological polar surface area (TPSA) is 0 Å². The highest BCUT2D eigenvalue weighted by atomic mass is 14.5. The fourth-order valence-corrected chi connectivity index (χ4v) is 7.24. The predicted octanol–water partition coefficient (Wildman–Crippen LogP) is 9.05. The van der Waals surface area contributed by atoms with Gasteiger partial charge in [0.2, 0.25) is 0 Å². The SMILES string of the molecule is CCCCC1(C2=C(C3c4ccccc4-c4ccccc43)CC2)c2ccccc2-c2ccccc21. The van der Waals surface area contributed by atoms with Gasteiger partial charge < -0.3 is 0 Å². The third-order valence-corrected chi connectivity index (χ3v) is 8.70. The van der Waals surface area contributed by atoms with Crippen LogP contribution in [0.5, 0.6) is 0 Å². The molecule has 34 heavy (non-hydrogen) atoms. The molecule has 0 saturated heterocycles. The Hall–Kier alpha value is -3.38. The molecule has 0 heterocycles. The molecule has 0 saturated carbocycles. The fourth-order valence-electron chi connectivity index (χ4n) is 7.24. The molecule has 4 aromatic carbocycles. The Balaban J connectivity index is 1.50. The van der Waals surface area contributed by atoms with Crippen molar-refractivity contribution in [3.8, 4) is 22.3 Å². The molecule has 0 heteroatoms. The summed E-state index contributed by atoms with van der Waals surface area (Å²) in [4.78, 5) is 0. The second kappa shape index (κ2) is 7.57. The first-order valence-electron chi connectivity index (χ1n) is 12.9. The third kappa shape index (κ3) is 2.55. The molecular weight excluding hydrogens is 408 g/mol.